The molecule has 0 atom stereocenters. The molecule has 1 amide bonds. The average Bonchev–Trinajstić information content (AvgIpc) is 3.28. The van der Waals surface area contributed by atoms with E-state index >= 15 is 0 Å². The highest BCUT2D eigenvalue weighted by molar-refractivity contribution is 6.38. The Kier molecular flexibility index (Phi) is 6.16. The van der Waals surface area contributed by atoms with E-state index in [-0.39, 0.29) is 12.5 Å². The van der Waals surface area contributed by atoms with Gasteiger partial charge in [-0.2, -0.15) is 0 Å². The number of amides is 1. The first-order chi connectivity index (χ1) is 14.5. The number of halogens is 2. The van der Waals surface area contributed by atoms with Gasteiger partial charge in [-0.05, 0) is 42.5 Å². The fourth-order valence-electron chi connectivity index (χ4n) is 4.14. The van der Waals surface area contributed by atoms with Gasteiger partial charge in [0.1, 0.15) is 12.4 Å². The maximum absolute atomic E-state index is 12.0. The Morgan fingerprint density at radius 2 is 1.97 bits per heavy atom. The Hall–Kier alpha value is -2.30. The molecule has 0 aliphatic heterocycles. The molecule has 2 aromatic carbocycles. The number of ether oxygens (including phenoxy) is 1. The standard InChI is InChI=1S/C24H24Cl2N2O2/c1-15(29)28(2)21-12-19(16-6-3-4-7-16)23(25)20(24(21)26)14-30-22-9-5-8-17-13-27-11-10-18(17)22/h5,8-13,16H,3-4,6-7,14H2,1-2H3. The minimum Gasteiger partial charge on any atom is -0.488 e. The monoisotopic (exact) mass is 442 g/mol. The van der Waals surface area contributed by atoms with E-state index in [9.17, 15) is 4.79 Å². The number of carbonyl (C=O) groups excluding carboxylic acids is 1. The second-order valence-electron chi connectivity index (χ2n) is 7.79. The molecule has 1 aliphatic carbocycles. The largest absolute Gasteiger partial charge is 0.488 e. The van der Waals surface area contributed by atoms with Crippen LogP contribution in [0.2, 0.25) is 10.0 Å². The summed E-state index contributed by atoms with van der Waals surface area (Å²) in [6.07, 6.45) is 8.13. The van der Waals surface area contributed by atoms with Crippen LogP contribution in [0.3, 0.4) is 0 Å². The number of aromatic nitrogens is 1. The third-order valence-electron chi connectivity index (χ3n) is 5.94. The Morgan fingerprint density at radius 1 is 1.20 bits per heavy atom. The van der Waals surface area contributed by atoms with Crippen LogP contribution in [-0.2, 0) is 11.4 Å². The summed E-state index contributed by atoms with van der Waals surface area (Å²) >= 11 is 13.6. The number of fused-ring (bicyclic) bond motifs is 1. The van der Waals surface area contributed by atoms with Crippen molar-refractivity contribution in [2.75, 3.05) is 11.9 Å². The summed E-state index contributed by atoms with van der Waals surface area (Å²) in [5, 5.41) is 3.09. The summed E-state index contributed by atoms with van der Waals surface area (Å²) in [4.78, 5) is 17.8. The van der Waals surface area contributed by atoms with Crippen molar-refractivity contribution in [2.45, 2.75) is 45.1 Å². The molecule has 0 bridgehead atoms. The van der Waals surface area contributed by atoms with Crippen LogP contribution in [0.1, 0.15) is 49.7 Å². The molecule has 1 aliphatic rings. The number of carbonyl (C=O) groups is 1. The van der Waals surface area contributed by atoms with Crippen molar-refractivity contribution in [1.82, 2.24) is 4.98 Å². The van der Waals surface area contributed by atoms with E-state index in [2.05, 4.69) is 4.98 Å². The van der Waals surface area contributed by atoms with Crippen molar-refractivity contribution < 1.29 is 9.53 Å². The second kappa shape index (κ2) is 8.83. The molecule has 4 rings (SSSR count). The van der Waals surface area contributed by atoms with E-state index in [0.717, 1.165) is 40.5 Å². The molecule has 0 N–H and O–H groups in total. The lowest BCUT2D eigenvalue weighted by Gasteiger charge is -2.24. The van der Waals surface area contributed by atoms with E-state index < -0.39 is 0 Å². The van der Waals surface area contributed by atoms with Gasteiger partial charge in [-0.3, -0.25) is 9.78 Å². The number of hydrogen-bond acceptors (Lipinski definition) is 3. The SMILES string of the molecule is CC(=O)N(C)c1cc(C2CCCC2)c(Cl)c(COc2cccc3cnccc23)c1Cl. The number of pyridine rings is 1. The van der Waals surface area contributed by atoms with Crippen LogP contribution in [0.25, 0.3) is 10.8 Å². The number of anilines is 1. The van der Waals surface area contributed by atoms with Crippen molar-refractivity contribution in [1.29, 1.82) is 0 Å². The van der Waals surface area contributed by atoms with Gasteiger partial charge in [-0.15, -0.1) is 0 Å². The first kappa shape index (κ1) is 21.0. The molecule has 4 nitrogen and oxygen atoms in total. The van der Waals surface area contributed by atoms with Gasteiger partial charge in [0.25, 0.3) is 0 Å². The number of nitrogens with zero attached hydrogens (tertiary/aromatic N) is 2. The lowest BCUT2D eigenvalue weighted by molar-refractivity contribution is -0.116. The van der Waals surface area contributed by atoms with E-state index in [1.807, 2.05) is 36.5 Å². The molecular formula is C24H24Cl2N2O2. The third kappa shape index (κ3) is 3.99. The van der Waals surface area contributed by atoms with E-state index in [1.165, 1.54) is 19.8 Å². The van der Waals surface area contributed by atoms with Crippen molar-refractivity contribution in [3.8, 4) is 5.75 Å². The first-order valence-corrected chi connectivity index (χ1v) is 10.9. The van der Waals surface area contributed by atoms with Gasteiger partial charge in [0, 0.05) is 42.7 Å². The lowest BCUT2D eigenvalue weighted by atomic mass is 9.94. The topological polar surface area (TPSA) is 42.4 Å². The Bertz CT molecular complexity index is 1090. The van der Waals surface area contributed by atoms with E-state index in [1.54, 1.807) is 18.1 Å². The van der Waals surface area contributed by atoms with Crippen LogP contribution in [-0.4, -0.2) is 17.9 Å². The second-order valence-corrected chi connectivity index (χ2v) is 8.55. The molecule has 30 heavy (non-hydrogen) atoms. The molecule has 6 heteroatoms. The Morgan fingerprint density at radius 3 is 2.70 bits per heavy atom. The summed E-state index contributed by atoms with van der Waals surface area (Å²) < 4.78 is 6.18. The molecule has 0 unspecified atom stereocenters. The molecule has 0 spiro atoms. The van der Waals surface area contributed by atoms with E-state index in [4.69, 9.17) is 27.9 Å². The van der Waals surface area contributed by atoms with Crippen LogP contribution < -0.4 is 9.64 Å². The average molecular weight is 443 g/mol. The van der Waals surface area contributed by atoms with Crippen molar-refractivity contribution in [3.05, 3.63) is 63.9 Å². The highest BCUT2D eigenvalue weighted by Gasteiger charge is 2.26. The van der Waals surface area contributed by atoms with Crippen LogP contribution in [0.5, 0.6) is 5.75 Å². The van der Waals surface area contributed by atoms with E-state index in [0.29, 0.717) is 21.7 Å². The van der Waals surface area contributed by atoms with Crippen LogP contribution in [0.4, 0.5) is 5.69 Å². The molecule has 1 heterocycles. The zero-order valence-electron chi connectivity index (χ0n) is 17.1. The minimum atomic E-state index is -0.0787. The van der Waals surface area contributed by atoms with Crippen LogP contribution in [0.15, 0.2) is 42.7 Å². The number of rotatable bonds is 5. The number of benzene rings is 2. The summed E-state index contributed by atoms with van der Waals surface area (Å²) in [7, 11) is 1.73. The fraction of sp³-hybridized carbons (Fsp3) is 0.333. The maximum atomic E-state index is 12.0. The molecule has 0 saturated heterocycles. The van der Waals surface area contributed by atoms with Gasteiger partial charge >= 0.3 is 0 Å². The van der Waals surface area contributed by atoms with Gasteiger partial charge in [-0.25, -0.2) is 0 Å². The molecular weight excluding hydrogens is 419 g/mol. The quantitative estimate of drug-likeness (QED) is 0.438. The Balaban J connectivity index is 1.74. The molecule has 1 saturated carbocycles. The summed E-state index contributed by atoms with van der Waals surface area (Å²) in [5.41, 5.74) is 2.45. The normalized spacial score (nSPS) is 14.3. The van der Waals surface area contributed by atoms with Crippen LogP contribution in [0, 0.1) is 0 Å². The molecule has 156 valence electrons. The predicted octanol–water partition coefficient (Wildman–Crippen LogP) is 6.76. The lowest BCUT2D eigenvalue weighted by Crippen LogP contribution is -2.24. The first-order valence-electron chi connectivity index (χ1n) is 10.2. The maximum Gasteiger partial charge on any atom is 0.223 e. The Labute approximate surface area is 186 Å². The zero-order chi connectivity index (χ0) is 21.3. The van der Waals surface area contributed by atoms with Gasteiger partial charge in [0.05, 0.1) is 15.7 Å². The fourth-order valence-corrected chi connectivity index (χ4v) is 4.88. The molecule has 1 aromatic heterocycles. The predicted molar refractivity (Wildman–Crippen MR) is 123 cm³/mol. The molecule has 3 aromatic rings. The highest BCUT2D eigenvalue weighted by atomic mass is 35.5. The van der Waals surface area contributed by atoms with Crippen molar-refractivity contribution in [2.24, 2.45) is 0 Å². The van der Waals surface area contributed by atoms with Crippen molar-refractivity contribution >= 4 is 45.6 Å². The van der Waals surface area contributed by atoms with Crippen molar-refractivity contribution in [3.63, 3.8) is 0 Å². The number of hydrogen-bond donors (Lipinski definition) is 0. The third-order valence-corrected chi connectivity index (χ3v) is 6.81. The van der Waals surface area contributed by atoms with Gasteiger partial charge in [0.15, 0.2) is 0 Å². The molecule has 0 radical (unpaired) electrons. The highest BCUT2D eigenvalue weighted by Crippen LogP contribution is 2.44. The van der Waals surface area contributed by atoms with Gasteiger partial charge in [-0.1, -0.05) is 48.2 Å². The summed E-state index contributed by atoms with van der Waals surface area (Å²) in [5.74, 6) is 1.05. The van der Waals surface area contributed by atoms with Crippen LogP contribution >= 0.6 is 23.2 Å². The molecule has 1 fully saturated rings. The van der Waals surface area contributed by atoms with Gasteiger partial charge in [0.2, 0.25) is 5.91 Å². The summed E-state index contributed by atoms with van der Waals surface area (Å²) in [6, 6.07) is 9.77. The van der Waals surface area contributed by atoms with Gasteiger partial charge < -0.3 is 9.64 Å². The zero-order valence-corrected chi connectivity index (χ0v) is 18.6. The summed E-state index contributed by atoms with van der Waals surface area (Å²) in [6.45, 7) is 1.75. The smallest absolute Gasteiger partial charge is 0.223 e. The minimum absolute atomic E-state index is 0.0787.